The van der Waals surface area contributed by atoms with E-state index in [0.717, 1.165) is 22.3 Å². The second-order valence-corrected chi connectivity index (χ2v) is 8.94. The molecule has 35 heavy (non-hydrogen) atoms. The first-order chi connectivity index (χ1) is 16.8. The molecule has 7 nitrogen and oxygen atoms in total. The van der Waals surface area contributed by atoms with Crippen LogP contribution in [0.1, 0.15) is 41.3 Å². The molecular formula is C27H25ClN2O5. The van der Waals surface area contributed by atoms with Crippen molar-refractivity contribution in [2.75, 3.05) is 11.9 Å². The Kier molecular flexibility index (Phi) is 7.07. The van der Waals surface area contributed by atoms with Crippen LogP contribution in [0.3, 0.4) is 0 Å². The number of rotatable bonds is 7. The van der Waals surface area contributed by atoms with E-state index in [1.165, 1.54) is 18.2 Å². The zero-order valence-corrected chi connectivity index (χ0v) is 20.0. The summed E-state index contributed by atoms with van der Waals surface area (Å²) in [5.74, 6) is -2.15. The summed E-state index contributed by atoms with van der Waals surface area (Å²) in [7, 11) is 0. The molecular weight excluding hydrogens is 468 g/mol. The monoisotopic (exact) mass is 492 g/mol. The number of nitrogens with one attached hydrogen (secondary N) is 2. The van der Waals surface area contributed by atoms with Crippen molar-refractivity contribution in [3.63, 3.8) is 0 Å². The van der Waals surface area contributed by atoms with Crippen LogP contribution in [0.5, 0.6) is 0 Å². The van der Waals surface area contributed by atoms with Crippen molar-refractivity contribution in [1.82, 2.24) is 5.32 Å². The van der Waals surface area contributed by atoms with Gasteiger partial charge >= 0.3 is 12.1 Å². The summed E-state index contributed by atoms with van der Waals surface area (Å²) in [6, 6.07) is 19.7. The summed E-state index contributed by atoms with van der Waals surface area (Å²) in [4.78, 5) is 36.3. The molecule has 1 aliphatic carbocycles. The second kappa shape index (κ2) is 10.2. The lowest BCUT2D eigenvalue weighted by molar-refractivity contribution is -0.120. The van der Waals surface area contributed by atoms with Gasteiger partial charge in [-0.3, -0.25) is 4.79 Å². The molecule has 3 aromatic carbocycles. The number of carbonyl (C=O) groups excluding carboxylic acids is 2. The normalized spacial score (nSPS) is 13.8. The lowest BCUT2D eigenvalue weighted by atomic mass is 9.98. The van der Waals surface area contributed by atoms with Crippen LogP contribution in [-0.2, 0) is 9.53 Å². The van der Waals surface area contributed by atoms with Gasteiger partial charge in [-0.2, -0.15) is 0 Å². The molecule has 0 heterocycles. The van der Waals surface area contributed by atoms with Gasteiger partial charge in [-0.05, 0) is 47.4 Å². The summed E-state index contributed by atoms with van der Waals surface area (Å²) in [5.41, 5.74) is 4.84. The third-order valence-corrected chi connectivity index (χ3v) is 6.64. The van der Waals surface area contributed by atoms with Crippen molar-refractivity contribution in [3.05, 3.63) is 88.4 Å². The van der Waals surface area contributed by atoms with Crippen molar-refractivity contribution in [1.29, 1.82) is 0 Å². The van der Waals surface area contributed by atoms with E-state index in [9.17, 15) is 14.4 Å². The summed E-state index contributed by atoms with van der Waals surface area (Å²) in [6.45, 7) is 3.56. The number of amides is 2. The Morgan fingerprint density at radius 3 is 2.14 bits per heavy atom. The zero-order chi connectivity index (χ0) is 25.1. The summed E-state index contributed by atoms with van der Waals surface area (Å²) in [5, 5.41) is 14.5. The van der Waals surface area contributed by atoms with Crippen LogP contribution in [0.4, 0.5) is 10.5 Å². The van der Waals surface area contributed by atoms with Crippen molar-refractivity contribution >= 4 is 35.3 Å². The fraction of sp³-hybridized carbons (Fsp3) is 0.222. The number of halogens is 1. The Morgan fingerprint density at radius 1 is 0.971 bits per heavy atom. The molecule has 3 N–H and O–H groups in total. The van der Waals surface area contributed by atoms with Gasteiger partial charge in [-0.15, -0.1) is 0 Å². The van der Waals surface area contributed by atoms with Gasteiger partial charge in [0.1, 0.15) is 6.61 Å². The van der Waals surface area contributed by atoms with Gasteiger partial charge in [-0.1, -0.05) is 67.1 Å². The van der Waals surface area contributed by atoms with Crippen LogP contribution in [-0.4, -0.2) is 35.7 Å². The maximum Gasteiger partial charge on any atom is 0.407 e. The molecule has 1 aliphatic rings. The SMILES string of the molecule is CC(NC(=O)OCC1c2ccccc2-c2ccccc21)C(C)C(=O)Nc1ccc(C(=O)O)cc1Cl. The fourth-order valence-corrected chi connectivity index (χ4v) is 4.40. The molecule has 0 fully saturated rings. The molecule has 2 atom stereocenters. The van der Waals surface area contributed by atoms with Gasteiger partial charge in [0.15, 0.2) is 0 Å². The molecule has 8 heteroatoms. The summed E-state index contributed by atoms with van der Waals surface area (Å²) < 4.78 is 5.55. The molecule has 3 aromatic rings. The number of fused-ring (bicyclic) bond motifs is 3. The number of hydrogen-bond donors (Lipinski definition) is 3. The van der Waals surface area contributed by atoms with Gasteiger partial charge in [0, 0.05) is 12.0 Å². The largest absolute Gasteiger partial charge is 0.478 e. The highest BCUT2D eigenvalue weighted by Crippen LogP contribution is 2.44. The summed E-state index contributed by atoms with van der Waals surface area (Å²) in [6.07, 6.45) is -0.608. The third-order valence-electron chi connectivity index (χ3n) is 6.33. The molecule has 0 spiro atoms. The lowest BCUT2D eigenvalue weighted by Gasteiger charge is -2.22. The minimum atomic E-state index is -1.11. The lowest BCUT2D eigenvalue weighted by Crippen LogP contribution is -2.42. The number of hydrogen-bond acceptors (Lipinski definition) is 4. The average Bonchev–Trinajstić information content (AvgIpc) is 3.17. The fourth-order valence-electron chi connectivity index (χ4n) is 4.17. The molecule has 0 aromatic heterocycles. The number of benzene rings is 3. The highest BCUT2D eigenvalue weighted by atomic mass is 35.5. The van der Waals surface area contributed by atoms with Crippen LogP contribution < -0.4 is 10.6 Å². The Balaban J connectivity index is 1.34. The zero-order valence-electron chi connectivity index (χ0n) is 19.2. The number of anilines is 1. The number of carbonyl (C=O) groups is 3. The van der Waals surface area contributed by atoms with E-state index in [2.05, 4.69) is 22.8 Å². The van der Waals surface area contributed by atoms with Crippen LogP contribution in [0.2, 0.25) is 5.02 Å². The van der Waals surface area contributed by atoms with Gasteiger partial charge in [0.25, 0.3) is 0 Å². The quantitative estimate of drug-likeness (QED) is 0.401. The molecule has 2 unspecified atom stereocenters. The molecule has 4 rings (SSSR count). The van der Waals surface area contributed by atoms with Crippen LogP contribution in [0, 0.1) is 5.92 Å². The molecule has 180 valence electrons. The molecule has 2 amide bonds. The number of aromatic carboxylic acids is 1. The van der Waals surface area contributed by atoms with E-state index in [4.69, 9.17) is 21.4 Å². The molecule has 0 bridgehead atoms. The van der Waals surface area contributed by atoms with Crippen molar-refractivity contribution in [2.45, 2.75) is 25.8 Å². The highest BCUT2D eigenvalue weighted by Gasteiger charge is 2.29. The van der Waals surface area contributed by atoms with Crippen molar-refractivity contribution in [3.8, 4) is 11.1 Å². The van der Waals surface area contributed by atoms with Gasteiger partial charge in [0.2, 0.25) is 5.91 Å². The van der Waals surface area contributed by atoms with Crippen LogP contribution in [0.25, 0.3) is 11.1 Å². The average molecular weight is 493 g/mol. The van der Waals surface area contributed by atoms with E-state index in [0.29, 0.717) is 5.69 Å². The van der Waals surface area contributed by atoms with Crippen molar-refractivity contribution < 1.29 is 24.2 Å². The number of ether oxygens (including phenoxy) is 1. The minimum Gasteiger partial charge on any atom is -0.478 e. The standard InChI is InChI=1S/C27H25ClN2O5/c1-15(25(31)30-24-12-11-17(26(32)33)13-23(24)28)16(2)29-27(34)35-14-22-20-9-5-3-7-18(20)19-8-4-6-10-21(19)22/h3-13,15-16,22H,14H2,1-2H3,(H,29,34)(H,30,31)(H,32,33). The van der Waals surface area contributed by atoms with Gasteiger partial charge < -0.3 is 20.5 Å². The van der Waals surface area contributed by atoms with Crippen LogP contribution >= 0.6 is 11.6 Å². The first-order valence-electron chi connectivity index (χ1n) is 11.2. The van der Waals surface area contributed by atoms with Gasteiger partial charge in [-0.25, -0.2) is 9.59 Å². The Hall–Kier alpha value is -3.84. The highest BCUT2D eigenvalue weighted by molar-refractivity contribution is 6.34. The van der Waals surface area contributed by atoms with Crippen molar-refractivity contribution in [2.24, 2.45) is 5.92 Å². The Bertz CT molecular complexity index is 1250. The van der Waals surface area contributed by atoms with E-state index in [-0.39, 0.29) is 29.0 Å². The molecule has 0 aliphatic heterocycles. The van der Waals surface area contributed by atoms with E-state index in [1.807, 2.05) is 36.4 Å². The molecule has 0 saturated heterocycles. The molecule has 0 saturated carbocycles. The predicted octanol–water partition coefficient (Wildman–Crippen LogP) is 5.54. The predicted molar refractivity (Wildman–Crippen MR) is 134 cm³/mol. The number of carboxylic acids is 1. The van der Waals surface area contributed by atoms with E-state index in [1.54, 1.807) is 13.8 Å². The van der Waals surface area contributed by atoms with E-state index < -0.39 is 24.0 Å². The van der Waals surface area contributed by atoms with Gasteiger partial charge in [0.05, 0.1) is 22.2 Å². The molecule has 0 radical (unpaired) electrons. The maximum atomic E-state index is 12.7. The number of carboxylic acid groups (broad SMARTS) is 1. The maximum absolute atomic E-state index is 12.7. The topological polar surface area (TPSA) is 105 Å². The smallest absolute Gasteiger partial charge is 0.407 e. The second-order valence-electron chi connectivity index (χ2n) is 8.54. The van der Waals surface area contributed by atoms with Crippen LogP contribution in [0.15, 0.2) is 66.7 Å². The third kappa shape index (κ3) is 5.15. The number of alkyl carbamates (subject to hydrolysis) is 1. The van der Waals surface area contributed by atoms with E-state index >= 15 is 0 Å². The summed E-state index contributed by atoms with van der Waals surface area (Å²) >= 11 is 6.09. The first kappa shape index (κ1) is 24.3. The Morgan fingerprint density at radius 2 is 1.57 bits per heavy atom. The minimum absolute atomic E-state index is 0.0198. The Labute approximate surface area is 208 Å². The first-order valence-corrected chi connectivity index (χ1v) is 11.6.